The minimum absolute atomic E-state index is 0.0149. The number of rotatable bonds is 4. The molecular formula is C37H34F2N6O4. The van der Waals surface area contributed by atoms with E-state index in [-0.39, 0.29) is 54.5 Å². The van der Waals surface area contributed by atoms with Crippen molar-refractivity contribution < 1.29 is 28.2 Å². The predicted molar refractivity (Wildman–Crippen MR) is 178 cm³/mol. The number of carboxylic acids is 1. The van der Waals surface area contributed by atoms with Gasteiger partial charge in [0.2, 0.25) is 0 Å². The lowest BCUT2D eigenvalue weighted by Crippen LogP contribution is -2.26. The number of nitrogens with one attached hydrogen (secondary N) is 2. The number of ether oxygens (including phenoxy) is 1. The summed E-state index contributed by atoms with van der Waals surface area (Å²) in [7, 11) is 0. The number of halogens is 2. The molecule has 4 heterocycles. The second kappa shape index (κ2) is 12.8. The zero-order valence-corrected chi connectivity index (χ0v) is 27.0. The maximum absolute atomic E-state index is 15.7. The molecule has 3 N–H and O–H groups in total. The Morgan fingerprint density at radius 2 is 1.94 bits per heavy atom. The Morgan fingerprint density at radius 3 is 2.78 bits per heavy atom. The van der Waals surface area contributed by atoms with Gasteiger partial charge in [0.25, 0.3) is 0 Å². The fourth-order valence-corrected chi connectivity index (χ4v) is 6.55. The summed E-state index contributed by atoms with van der Waals surface area (Å²) in [6, 6.07) is 15.0. The molecule has 0 amide bonds. The number of hydrogen-bond acceptors (Lipinski definition) is 6. The van der Waals surface area contributed by atoms with E-state index in [1.807, 2.05) is 44.2 Å². The minimum Gasteiger partial charge on any atom is -0.481 e. The number of benzene rings is 3. The molecule has 1 atom stereocenters. The molecule has 3 aromatic heterocycles. The third kappa shape index (κ3) is 6.21. The standard InChI is InChI=1S/C37H34F2N6O4/c1-21-31-10-7-24(46)12-14-37(2,23-5-3-4-22(16-23)6-11-34(47)48)33-19-41-36(42-33)27-17-25(8-9-29(27)38)49-35-28(20-45(21)44-43-31)26-13-15-40-32(26)18-30(35)39/h3-5,8-9,13,15-19,40H,6-7,10-12,14,20H2,1-2H3,(H,41,42)(H,47,48). The van der Waals surface area contributed by atoms with Crippen LogP contribution < -0.4 is 4.74 Å². The Balaban J connectivity index is 1.35. The zero-order chi connectivity index (χ0) is 34.3. The van der Waals surface area contributed by atoms with Gasteiger partial charge in [-0.05, 0) is 62.1 Å². The van der Waals surface area contributed by atoms with Gasteiger partial charge in [0.05, 0.1) is 23.5 Å². The summed E-state index contributed by atoms with van der Waals surface area (Å²) in [6.45, 7) is 4.00. The third-order valence-corrected chi connectivity index (χ3v) is 9.57. The molecule has 0 saturated heterocycles. The number of imidazole rings is 1. The molecule has 49 heavy (non-hydrogen) atoms. The Bertz CT molecular complexity index is 2220. The second-order valence-corrected chi connectivity index (χ2v) is 12.7. The van der Waals surface area contributed by atoms with Crippen molar-refractivity contribution in [2.24, 2.45) is 0 Å². The van der Waals surface area contributed by atoms with E-state index in [2.05, 4.69) is 25.3 Å². The lowest BCUT2D eigenvalue weighted by Gasteiger charge is -2.29. The average molecular weight is 665 g/mol. The number of fused-ring (bicyclic) bond motifs is 10. The van der Waals surface area contributed by atoms with Crippen LogP contribution >= 0.6 is 0 Å². The monoisotopic (exact) mass is 664 g/mol. The number of nitrogens with zero attached hydrogens (tertiary/aromatic N) is 4. The van der Waals surface area contributed by atoms with Gasteiger partial charge in [-0.25, -0.2) is 18.4 Å². The molecule has 0 saturated carbocycles. The van der Waals surface area contributed by atoms with E-state index in [0.29, 0.717) is 41.7 Å². The van der Waals surface area contributed by atoms with Gasteiger partial charge < -0.3 is 19.8 Å². The first-order valence-corrected chi connectivity index (χ1v) is 16.1. The van der Waals surface area contributed by atoms with Crippen LogP contribution in [0, 0.1) is 18.6 Å². The number of Topliss-reactive ketones (excluding diaryl/α,β-unsaturated/α-hetero) is 1. The molecule has 6 aromatic rings. The summed E-state index contributed by atoms with van der Waals surface area (Å²) < 4.78 is 39.0. The molecule has 1 unspecified atom stereocenters. The van der Waals surface area contributed by atoms with Crippen LogP contribution in [-0.2, 0) is 34.4 Å². The summed E-state index contributed by atoms with van der Waals surface area (Å²) in [4.78, 5) is 35.6. The molecule has 0 radical (unpaired) electrons. The number of carboxylic acid groups (broad SMARTS) is 1. The number of carbonyl (C=O) groups is 2. The van der Waals surface area contributed by atoms with Crippen molar-refractivity contribution in [3.8, 4) is 22.9 Å². The molecule has 10 nitrogen and oxygen atoms in total. The van der Waals surface area contributed by atoms with Crippen molar-refractivity contribution in [1.29, 1.82) is 0 Å². The first-order valence-electron chi connectivity index (χ1n) is 16.1. The quantitative estimate of drug-likeness (QED) is 0.181. The number of H-pyrrole nitrogens is 2. The topological polar surface area (TPSA) is 139 Å². The fourth-order valence-electron chi connectivity index (χ4n) is 6.55. The Hall–Kier alpha value is -5.65. The highest BCUT2D eigenvalue weighted by Gasteiger charge is 2.33. The first-order chi connectivity index (χ1) is 23.6. The Morgan fingerprint density at radius 1 is 1.08 bits per heavy atom. The van der Waals surface area contributed by atoms with E-state index >= 15 is 8.78 Å². The number of ketones is 1. The van der Waals surface area contributed by atoms with Gasteiger partial charge in [-0.1, -0.05) is 29.5 Å². The first kappa shape index (κ1) is 31.9. The van der Waals surface area contributed by atoms with Gasteiger partial charge in [0, 0.05) is 71.7 Å². The number of aromatic nitrogens is 6. The molecule has 250 valence electrons. The molecule has 1 aliphatic heterocycles. The lowest BCUT2D eigenvalue weighted by atomic mass is 9.75. The molecule has 0 aliphatic carbocycles. The van der Waals surface area contributed by atoms with Crippen molar-refractivity contribution in [3.63, 3.8) is 0 Å². The average Bonchev–Trinajstić information content (AvgIpc) is 3.85. The summed E-state index contributed by atoms with van der Waals surface area (Å²) in [5.41, 5.74) is 4.25. The molecule has 0 spiro atoms. The summed E-state index contributed by atoms with van der Waals surface area (Å²) in [5, 5.41) is 18.7. The molecule has 0 fully saturated rings. The van der Waals surface area contributed by atoms with Crippen molar-refractivity contribution >= 4 is 22.7 Å². The van der Waals surface area contributed by atoms with Crippen molar-refractivity contribution in [2.75, 3.05) is 0 Å². The SMILES string of the molecule is Cc1c2nnn1Cc1c(c(F)cc3[nH]ccc13)Oc1ccc(F)c(c1)-c1ncc([nH]1)C(C)(c1cccc(CCC(=O)O)c1)CCC(=O)CC2. The van der Waals surface area contributed by atoms with E-state index in [0.717, 1.165) is 22.2 Å². The number of aryl methyl sites for hydroxylation is 2. The fraction of sp³-hybridized carbons (Fsp3) is 0.270. The van der Waals surface area contributed by atoms with Gasteiger partial charge in [-0.15, -0.1) is 5.10 Å². The van der Waals surface area contributed by atoms with Gasteiger partial charge in [0.15, 0.2) is 11.6 Å². The summed E-state index contributed by atoms with van der Waals surface area (Å²) in [6.07, 6.45) is 4.97. The molecule has 7 rings (SSSR count). The molecule has 12 heteroatoms. The molecule has 1 aliphatic rings. The number of aromatic amines is 2. The van der Waals surface area contributed by atoms with Gasteiger partial charge in [-0.2, -0.15) is 0 Å². The van der Waals surface area contributed by atoms with Crippen LogP contribution in [0.2, 0.25) is 0 Å². The van der Waals surface area contributed by atoms with Gasteiger partial charge >= 0.3 is 5.97 Å². The number of carbonyl (C=O) groups excluding carboxylic acids is 1. The van der Waals surface area contributed by atoms with Crippen molar-refractivity contribution in [2.45, 2.75) is 64.3 Å². The maximum Gasteiger partial charge on any atom is 0.303 e. The van der Waals surface area contributed by atoms with E-state index < -0.39 is 23.0 Å². The smallest absolute Gasteiger partial charge is 0.303 e. The highest BCUT2D eigenvalue weighted by molar-refractivity contribution is 5.85. The number of hydrogen-bond donors (Lipinski definition) is 3. The second-order valence-electron chi connectivity index (χ2n) is 12.7. The maximum atomic E-state index is 15.7. The molecular weight excluding hydrogens is 630 g/mol. The Labute approximate surface area is 280 Å². The van der Waals surface area contributed by atoms with Gasteiger partial charge in [0.1, 0.15) is 23.2 Å². The van der Waals surface area contributed by atoms with E-state index in [1.165, 1.54) is 24.3 Å². The predicted octanol–water partition coefficient (Wildman–Crippen LogP) is 7.20. The van der Waals surface area contributed by atoms with E-state index in [9.17, 15) is 14.7 Å². The van der Waals surface area contributed by atoms with Crippen LogP contribution in [0.5, 0.6) is 11.5 Å². The van der Waals surface area contributed by atoms with Crippen LogP contribution in [0.4, 0.5) is 8.78 Å². The van der Waals surface area contributed by atoms with Crippen molar-refractivity contribution in [1.82, 2.24) is 29.9 Å². The van der Waals surface area contributed by atoms with Gasteiger partial charge in [-0.3, -0.25) is 9.59 Å². The van der Waals surface area contributed by atoms with Crippen LogP contribution in [0.15, 0.2) is 67.0 Å². The molecule has 6 bridgehead atoms. The number of aliphatic carboxylic acids is 1. The van der Waals surface area contributed by atoms with Crippen molar-refractivity contribution in [3.05, 3.63) is 112 Å². The Kier molecular flexibility index (Phi) is 8.31. The lowest BCUT2D eigenvalue weighted by molar-refractivity contribution is -0.137. The highest BCUT2D eigenvalue weighted by Crippen LogP contribution is 2.40. The normalized spacial score (nSPS) is 16.8. The summed E-state index contributed by atoms with van der Waals surface area (Å²) in [5.74, 6) is -1.59. The van der Waals surface area contributed by atoms with Crippen LogP contribution in [0.25, 0.3) is 22.3 Å². The largest absolute Gasteiger partial charge is 0.481 e. The zero-order valence-electron chi connectivity index (χ0n) is 27.0. The van der Waals surface area contributed by atoms with Crippen LogP contribution in [-0.4, -0.2) is 46.8 Å². The van der Waals surface area contributed by atoms with E-state index in [1.54, 1.807) is 17.1 Å². The minimum atomic E-state index is -0.889. The third-order valence-electron chi connectivity index (χ3n) is 9.57. The van der Waals surface area contributed by atoms with E-state index in [4.69, 9.17) is 4.74 Å². The molecule has 3 aromatic carbocycles. The van der Waals surface area contributed by atoms with Crippen LogP contribution in [0.1, 0.15) is 66.4 Å². The highest BCUT2D eigenvalue weighted by atomic mass is 19.1. The summed E-state index contributed by atoms with van der Waals surface area (Å²) >= 11 is 0. The van der Waals surface area contributed by atoms with Crippen LogP contribution in [0.3, 0.4) is 0 Å².